The van der Waals surface area contributed by atoms with Crippen LogP contribution in [-0.4, -0.2) is 59.7 Å². The third kappa shape index (κ3) is 7.19. The Labute approximate surface area is 256 Å². The van der Waals surface area contributed by atoms with Gasteiger partial charge in [0, 0.05) is 21.4 Å². The zero-order chi connectivity index (χ0) is 31.4. The summed E-state index contributed by atoms with van der Waals surface area (Å²) in [5.74, 6) is -4.79. The molecule has 0 spiro atoms. The van der Waals surface area contributed by atoms with E-state index in [9.17, 15) is 28.8 Å². The summed E-state index contributed by atoms with van der Waals surface area (Å²) < 4.78 is 10.1. The molecule has 222 valence electrons. The van der Waals surface area contributed by atoms with Gasteiger partial charge in [0.05, 0.1) is 16.7 Å². The van der Waals surface area contributed by atoms with Crippen LogP contribution in [0.3, 0.4) is 0 Å². The van der Waals surface area contributed by atoms with Crippen LogP contribution < -0.4 is 10.6 Å². The summed E-state index contributed by atoms with van der Waals surface area (Å²) in [6.45, 7) is 3.60. The lowest BCUT2D eigenvalue weighted by molar-refractivity contribution is -0.150. The molecule has 1 heterocycles. The molecular formula is C30H25Cl2N3O8. The number of nitrogens with zero attached hydrogens (tertiary/aromatic N) is 1. The average Bonchev–Trinajstić information content (AvgIpc) is 3.22. The normalized spacial score (nSPS) is 12.8. The molecule has 3 aromatic rings. The Hall–Kier alpha value is -4.74. The van der Waals surface area contributed by atoms with Gasteiger partial charge in [-0.25, -0.2) is 9.59 Å². The fourth-order valence-corrected chi connectivity index (χ4v) is 4.41. The summed E-state index contributed by atoms with van der Waals surface area (Å²) in [5, 5.41) is 5.99. The monoisotopic (exact) mass is 625 g/mol. The Morgan fingerprint density at radius 1 is 0.744 bits per heavy atom. The standard InChI is InChI=1S/C30H25Cl2N3O8/c1-15-4-7-19(11-23(15)31)33-25(36)13-42-29(40)17(3)35-27(38)21-9-6-18(10-22(21)28(35)39)30(41)43-14-26(37)34-20-8-5-16(2)24(32)12-20/h4-12,17H,13-14H2,1-3H3,(H,33,36)(H,34,37). The van der Waals surface area contributed by atoms with Crippen molar-refractivity contribution in [3.63, 3.8) is 0 Å². The minimum absolute atomic E-state index is 0.0378. The highest BCUT2D eigenvalue weighted by Gasteiger charge is 2.42. The van der Waals surface area contributed by atoms with Crippen LogP contribution in [0.4, 0.5) is 11.4 Å². The van der Waals surface area contributed by atoms with Crippen molar-refractivity contribution >= 4 is 70.1 Å². The largest absolute Gasteiger partial charge is 0.454 e. The predicted octanol–water partition coefficient (Wildman–Crippen LogP) is 4.57. The number of amides is 4. The number of benzene rings is 3. The lowest BCUT2D eigenvalue weighted by Crippen LogP contribution is -2.44. The molecule has 0 bridgehead atoms. The number of fused-ring (bicyclic) bond motifs is 1. The minimum atomic E-state index is -1.37. The number of carbonyl (C=O) groups excluding carboxylic acids is 6. The number of carbonyl (C=O) groups is 6. The molecule has 0 aliphatic carbocycles. The highest BCUT2D eigenvalue weighted by molar-refractivity contribution is 6.32. The third-order valence-corrected chi connectivity index (χ3v) is 7.29. The molecule has 1 atom stereocenters. The number of nitrogens with one attached hydrogen (secondary N) is 2. The third-order valence-electron chi connectivity index (χ3n) is 6.47. The molecule has 13 heteroatoms. The Morgan fingerprint density at radius 2 is 1.26 bits per heavy atom. The second-order valence-electron chi connectivity index (χ2n) is 9.62. The highest BCUT2D eigenvalue weighted by Crippen LogP contribution is 2.27. The van der Waals surface area contributed by atoms with E-state index in [1.807, 2.05) is 6.92 Å². The first-order valence-corrected chi connectivity index (χ1v) is 13.6. The van der Waals surface area contributed by atoms with Crippen LogP contribution in [0.2, 0.25) is 10.0 Å². The average molecular weight is 626 g/mol. The molecular weight excluding hydrogens is 601 g/mol. The SMILES string of the molecule is Cc1ccc(NC(=O)COC(=O)c2ccc3c(c2)C(=O)N(C(C)C(=O)OCC(=O)Nc2ccc(C)c(Cl)c2)C3=O)cc1Cl. The van der Waals surface area contributed by atoms with Gasteiger partial charge in [-0.3, -0.25) is 24.1 Å². The summed E-state index contributed by atoms with van der Waals surface area (Å²) in [5.41, 5.74) is 2.20. The Bertz CT molecular complexity index is 1670. The molecule has 1 aliphatic rings. The topological polar surface area (TPSA) is 148 Å². The summed E-state index contributed by atoms with van der Waals surface area (Å²) in [6.07, 6.45) is 0. The van der Waals surface area contributed by atoms with Crippen LogP contribution in [0, 0.1) is 13.8 Å². The van der Waals surface area contributed by atoms with Crippen LogP contribution >= 0.6 is 23.2 Å². The fraction of sp³-hybridized carbons (Fsp3) is 0.200. The maximum Gasteiger partial charge on any atom is 0.338 e. The first kappa shape index (κ1) is 31.2. The number of ether oxygens (including phenoxy) is 2. The molecule has 2 N–H and O–H groups in total. The van der Waals surface area contributed by atoms with Gasteiger partial charge in [0.1, 0.15) is 6.04 Å². The van der Waals surface area contributed by atoms with E-state index in [-0.39, 0.29) is 16.7 Å². The maximum atomic E-state index is 13.1. The first-order chi connectivity index (χ1) is 20.3. The van der Waals surface area contributed by atoms with Crippen molar-refractivity contribution in [1.29, 1.82) is 0 Å². The highest BCUT2D eigenvalue weighted by atomic mass is 35.5. The van der Waals surface area contributed by atoms with Crippen LogP contribution in [0.1, 0.15) is 49.1 Å². The van der Waals surface area contributed by atoms with Gasteiger partial charge in [-0.15, -0.1) is 0 Å². The lowest BCUT2D eigenvalue weighted by Gasteiger charge is -2.20. The summed E-state index contributed by atoms with van der Waals surface area (Å²) in [7, 11) is 0. The minimum Gasteiger partial charge on any atom is -0.454 e. The molecule has 1 aliphatic heterocycles. The summed E-state index contributed by atoms with van der Waals surface area (Å²) in [4.78, 5) is 76.3. The van der Waals surface area contributed by atoms with Crippen molar-refractivity contribution in [3.05, 3.63) is 92.5 Å². The molecule has 0 saturated heterocycles. The molecule has 11 nitrogen and oxygen atoms in total. The van der Waals surface area contributed by atoms with Gasteiger partial charge < -0.3 is 20.1 Å². The quantitative estimate of drug-likeness (QED) is 0.259. The van der Waals surface area contributed by atoms with Crippen LogP contribution in [-0.2, 0) is 23.9 Å². The number of halogens is 2. The van der Waals surface area contributed by atoms with E-state index in [1.54, 1.807) is 43.3 Å². The van der Waals surface area contributed by atoms with E-state index in [2.05, 4.69) is 10.6 Å². The Balaban J connectivity index is 1.33. The number of anilines is 2. The van der Waals surface area contributed by atoms with Crippen LogP contribution in [0.5, 0.6) is 0 Å². The second-order valence-corrected chi connectivity index (χ2v) is 10.4. The van der Waals surface area contributed by atoms with Crippen LogP contribution in [0.15, 0.2) is 54.6 Å². The van der Waals surface area contributed by atoms with Gasteiger partial charge in [-0.2, -0.15) is 0 Å². The number of hydrogen-bond donors (Lipinski definition) is 2. The number of imide groups is 1. The molecule has 4 amide bonds. The van der Waals surface area contributed by atoms with Crippen molar-refractivity contribution in [1.82, 2.24) is 4.90 Å². The molecule has 3 aromatic carbocycles. The van der Waals surface area contributed by atoms with E-state index < -0.39 is 54.8 Å². The van der Waals surface area contributed by atoms with Gasteiger partial charge in [-0.1, -0.05) is 35.3 Å². The second kappa shape index (κ2) is 13.1. The number of esters is 2. The van der Waals surface area contributed by atoms with Gasteiger partial charge in [0.2, 0.25) is 0 Å². The fourth-order valence-electron chi connectivity index (χ4n) is 4.05. The van der Waals surface area contributed by atoms with Crippen molar-refractivity contribution in [2.24, 2.45) is 0 Å². The number of aryl methyl sites for hydroxylation is 2. The smallest absolute Gasteiger partial charge is 0.338 e. The molecule has 0 saturated carbocycles. The maximum absolute atomic E-state index is 13.1. The van der Waals surface area contributed by atoms with Gasteiger partial charge in [-0.05, 0) is 74.4 Å². The van der Waals surface area contributed by atoms with Crippen molar-refractivity contribution < 1.29 is 38.2 Å². The zero-order valence-corrected chi connectivity index (χ0v) is 24.7. The molecule has 0 aromatic heterocycles. The lowest BCUT2D eigenvalue weighted by atomic mass is 10.1. The van der Waals surface area contributed by atoms with Gasteiger partial charge in [0.15, 0.2) is 13.2 Å². The predicted molar refractivity (Wildman–Crippen MR) is 157 cm³/mol. The molecule has 0 fully saturated rings. The Morgan fingerprint density at radius 3 is 1.79 bits per heavy atom. The van der Waals surface area contributed by atoms with E-state index in [0.29, 0.717) is 26.3 Å². The van der Waals surface area contributed by atoms with Gasteiger partial charge in [0.25, 0.3) is 23.6 Å². The summed E-state index contributed by atoms with van der Waals surface area (Å²) in [6, 6.07) is 12.1. The molecule has 1 unspecified atom stereocenters. The Kier molecular flexibility index (Phi) is 9.47. The molecule has 43 heavy (non-hydrogen) atoms. The molecule has 0 radical (unpaired) electrons. The summed E-state index contributed by atoms with van der Waals surface area (Å²) >= 11 is 12.1. The van der Waals surface area contributed by atoms with Crippen LogP contribution in [0.25, 0.3) is 0 Å². The number of rotatable bonds is 9. The zero-order valence-electron chi connectivity index (χ0n) is 23.2. The number of hydrogen-bond acceptors (Lipinski definition) is 8. The van der Waals surface area contributed by atoms with E-state index in [0.717, 1.165) is 17.2 Å². The van der Waals surface area contributed by atoms with Crippen molar-refractivity contribution in [3.8, 4) is 0 Å². The van der Waals surface area contributed by atoms with E-state index in [1.165, 1.54) is 19.1 Å². The van der Waals surface area contributed by atoms with E-state index >= 15 is 0 Å². The van der Waals surface area contributed by atoms with E-state index in [4.69, 9.17) is 32.7 Å². The first-order valence-electron chi connectivity index (χ1n) is 12.8. The molecule has 4 rings (SSSR count). The van der Waals surface area contributed by atoms with Gasteiger partial charge >= 0.3 is 11.9 Å². The van der Waals surface area contributed by atoms with Crippen molar-refractivity contribution in [2.75, 3.05) is 23.8 Å². The van der Waals surface area contributed by atoms with Crippen molar-refractivity contribution in [2.45, 2.75) is 26.8 Å².